The van der Waals surface area contributed by atoms with Crippen molar-refractivity contribution < 1.29 is 19.1 Å². The smallest absolute Gasteiger partial charge is 0.228 e. The zero-order valence-corrected chi connectivity index (χ0v) is 20.5. The molecule has 3 aromatic rings. The van der Waals surface area contributed by atoms with Gasteiger partial charge in [-0.3, -0.25) is 9.59 Å². The summed E-state index contributed by atoms with van der Waals surface area (Å²) in [7, 11) is 3.23. The van der Waals surface area contributed by atoms with Crippen molar-refractivity contribution in [1.29, 1.82) is 0 Å². The Morgan fingerprint density at radius 2 is 1.69 bits per heavy atom. The van der Waals surface area contributed by atoms with E-state index in [1.807, 2.05) is 42.5 Å². The molecule has 2 N–H and O–H groups in total. The topological polar surface area (TPSA) is 76.7 Å². The van der Waals surface area contributed by atoms with Crippen LogP contribution in [-0.2, 0) is 17.6 Å². The monoisotopic (exact) mass is 470 g/mol. The van der Waals surface area contributed by atoms with E-state index >= 15 is 0 Å². The molecule has 4 rings (SSSR count). The molecule has 0 bridgehead atoms. The zero-order valence-electron chi connectivity index (χ0n) is 20.5. The predicted octanol–water partition coefficient (Wildman–Crippen LogP) is 5.03. The van der Waals surface area contributed by atoms with E-state index in [1.165, 1.54) is 0 Å². The molecule has 35 heavy (non-hydrogen) atoms. The Morgan fingerprint density at radius 1 is 0.971 bits per heavy atom. The number of allylic oxidation sites excluding steroid dienone is 1. The molecule has 1 heterocycles. The number of ether oxygens (including phenoxy) is 2. The highest BCUT2D eigenvalue weighted by Crippen LogP contribution is 2.32. The third-order valence-corrected chi connectivity index (χ3v) is 5.94. The Labute approximate surface area is 206 Å². The maximum absolute atomic E-state index is 13.2. The fourth-order valence-electron chi connectivity index (χ4n) is 4.25. The van der Waals surface area contributed by atoms with Crippen LogP contribution in [-0.4, -0.2) is 31.4 Å². The van der Waals surface area contributed by atoms with Crippen molar-refractivity contribution in [3.63, 3.8) is 0 Å². The summed E-state index contributed by atoms with van der Waals surface area (Å²) in [6.07, 6.45) is 2.69. The fourth-order valence-corrected chi connectivity index (χ4v) is 4.25. The molecule has 3 aromatic carbocycles. The number of hydrogen-bond acceptors (Lipinski definition) is 5. The van der Waals surface area contributed by atoms with Crippen LogP contribution in [0.25, 0.3) is 5.70 Å². The Kier molecular flexibility index (Phi) is 6.92. The van der Waals surface area contributed by atoms with E-state index in [2.05, 4.69) is 24.5 Å². The lowest BCUT2D eigenvalue weighted by Crippen LogP contribution is -2.43. The molecular formula is C29H30N2O4. The van der Waals surface area contributed by atoms with Gasteiger partial charge in [-0.05, 0) is 67.8 Å². The number of carbonyl (C=O) groups is 2. The number of methoxy groups -OCH3 is 2. The third kappa shape index (κ3) is 5.90. The summed E-state index contributed by atoms with van der Waals surface area (Å²) >= 11 is 0. The largest absolute Gasteiger partial charge is 0.497 e. The van der Waals surface area contributed by atoms with Gasteiger partial charge in [-0.15, -0.1) is 0 Å². The van der Waals surface area contributed by atoms with Gasteiger partial charge < -0.3 is 20.1 Å². The average Bonchev–Trinajstić information content (AvgIpc) is 2.83. The molecule has 1 amide bonds. The average molecular weight is 471 g/mol. The van der Waals surface area contributed by atoms with Crippen molar-refractivity contribution in [2.45, 2.75) is 32.2 Å². The van der Waals surface area contributed by atoms with Gasteiger partial charge in [-0.2, -0.15) is 0 Å². The number of hydrogen-bond donors (Lipinski definition) is 2. The number of ketones is 1. The van der Waals surface area contributed by atoms with Crippen molar-refractivity contribution in [2.75, 3.05) is 19.5 Å². The van der Waals surface area contributed by atoms with Crippen LogP contribution >= 0.6 is 0 Å². The molecule has 0 aliphatic carbocycles. The Bertz CT molecular complexity index is 1280. The SMILES string of the molecule is COc1ccc(CC(=O)Nc2cccc(C(=O)/C=C3\NC(C)(C)Cc4ccc(OC)cc43)c2)cc1. The Morgan fingerprint density at radius 3 is 2.40 bits per heavy atom. The molecule has 0 aromatic heterocycles. The van der Waals surface area contributed by atoms with Crippen LogP contribution in [0, 0.1) is 0 Å². The summed E-state index contributed by atoms with van der Waals surface area (Å²) in [5, 5.41) is 6.38. The van der Waals surface area contributed by atoms with Crippen molar-refractivity contribution in [2.24, 2.45) is 0 Å². The number of rotatable bonds is 7. The molecule has 0 atom stereocenters. The maximum atomic E-state index is 13.2. The standard InChI is InChI=1S/C29H30N2O4/c1-29(2)18-21-10-13-24(35-4)16-25(21)26(31-29)17-27(32)20-6-5-7-22(15-20)30-28(33)14-19-8-11-23(34-3)12-9-19/h5-13,15-17,31H,14,18H2,1-4H3,(H,30,33)/b26-17-. The van der Waals surface area contributed by atoms with E-state index in [-0.39, 0.29) is 23.7 Å². The summed E-state index contributed by atoms with van der Waals surface area (Å²) < 4.78 is 10.5. The van der Waals surface area contributed by atoms with Crippen LogP contribution in [0.15, 0.2) is 72.8 Å². The van der Waals surface area contributed by atoms with E-state index in [1.54, 1.807) is 44.6 Å². The fraction of sp³-hybridized carbons (Fsp3) is 0.241. The van der Waals surface area contributed by atoms with Crippen LogP contribution in [0.1, 0.15) is 40.9 Å². The lowest BCUT2D eigenvalue weighted by molar-refractivity contribution is -0.115. The van der Waals surface area contributed by atoms with Crippen molar-refractivity contribution in [1.82, 2.24) is 5.32 Å². The van der Waals surface area contributed by atoms with Crippen LogP contribution < -0.4 is 20.1 Å². The van der Waals surface area contributed by atoms with Gasteiger partial charge in [0.25, 0.3) is 0 Å². The first kappa shape index (κ1) is 24.1. The zero-order chi connectivity index (χ0) is 25.0. The van der Waals surface area contributed by atoms with Crippen LogP contribution in [0.4, 0.5) is 5.69 Å². The van der Waals surface area contributed by atoms with Crippen molar-refractivity contribution in [3.05, 3.63) is 95.1 Å². The van der Waals surface area contributed by atoms with Gasteiger partial charge in [0.15, 0.2) is 5.78 Å². The number of amides is 1. The molecule has 0 saturated carbocycles. The van der Waals surface area contributed by atoms with Gasteiger partial charge in [0.1, 0.15) is 11.5 Å². The molecule has 0 fully saturated rings. The summed E-state index contributed by atoms with van der Waals surface area (Å²) in [4.78, 5) is 25.7. The molecule has 6 heteroatoms. The van der Waals surface area contributed by atoms with Gasteiger partial charge in [-0.25, -0.2) is 0 Å². The highest BCUT2D eigenvalue weighted by Gasteiger charge is 2.28. The second-order valence-electron chi connectivity index (χ2n) is 9.28. The predicted molar refractivity (Wildman–Crippen MR) is 138 cm³/mol. The molecule has 1 aliphatic rings. The third-order valence-electron chi connectivity index (χ3n) is 5.94. The number of benzene rings is 3. The van der Waals surface area contributed by atoms with E-state index in [9.17, 15) is 9.59 Å². The van der Waals surface area contributed by atoms with E-state index in [4.69, 9.17) is 9.47 Å². The molecule has 0 saturated heterocycles. The Balaban J connectivity index is 1.52. The van der Waals surface area contributed by atoms with Crippen LogP contribution in [0.2, 0.25) is 0 Å². The highest BCUT2D eigenvalue weighted by molar-refractivity contribution is 6.09. The van der Waals surface area contributed by atoms with Crippen LogP contribution in [0.3, 0.4) is 0 Å². The van der Waals surface area contributed by atoms with Gasteiger partial charge in [0.05, 0.1) is 20.6 Å². The number of nitrogens with one attached hydrogen (secondary N) is 2. The van der Waals surface area contributed by atoms with Gasteiger partial charge in [-0.1, -0.05) is 30.3 Å². The van der Waals surface area contributed by atoms with E-state index in [0.29, 0.717) is 11.3 Å². The lowest BCUT2D eigenvalue weighted by Gasteiger charge is -2.35. The molecule has 0 spiro atoms. The molecule has 0 radical (unpaired) electrons. The lowest BCUT2D eigenvalue weighted by atomic mass is 9.85. The first-order valence-corrected chi connectivity index (χ1v) is 11.5. The number of fused-ring (bicyclic) bond motifs is 1. The molecule has 6 nitrogen and oxygen atoms in total. The summed E-state index contributed by atoms with van der Waals surface area (Å²) in [5.74, 6) is 1.18. The van der Waals surface area contributed by atoms with Crippen LogP contribution in [0.5, 0.6) is 11.5 Å². The molecule has 180 valence electrons. The highest BCUT2D eigenvalue weighted by atomic mass is 16.5. The first-order chi connectivity index (χ1) is 16.8. The normalized spacial score (nSPS) is 15.0. The van der Waals surface area contributed by atoms with E-state index in [0.717, 1.165) is 40.3 Å². The summed E-state index contributed by atoms with van der Waals surface area (Å²) in [6, 6.07) is 20.3. The minimum absolute atomic E-state index is 0.148. The van der Waals surface area contributed by atoms with Gasteiger partial charge in [0.2, 0.25) is 5.91 Å². The van der Waals surface area contributed by atoms with Gasteiger partial charge >= 0.3 is 0 Å². The van der Waals surface area contributed by atoms with E-state index < -0.39 is 0 Å². The first-order valence-electron chi connectivity index (χ1n) is 11.5. The molecular weight excluding hydrogens is 440 g/mol. The quantitative estimate of drug-likeness (QED) is 0.374. The minimum atomic E-state index is -0.190. The number of carbonyl (C=O) groups excluding carboxylic acids is 2. The summed E-state index contributed by atoms with van der Waals surface area (Å²) in [5.41, 5.74) is 4.63. The van der Waals surface area contributed by atoms with Crippen molar-refractivity contribution >= 4 is 23.1 Å². The minimum Gasteiger partial charge on any atom is -0.497 e. The second-order valence-corrected chi connectivity index (χ2v) is 9.28. The number of anilines is 1. The second kappa shape index (κ2) is 10.1. The maximum Gasteiger partial charge on any atom is 0.228 e. The molecule has 0 unspecified atom stereocenters. The molecule has 1 aliphatic heterocycles. The summed E-state index contributed by atoms with van der Waals surface area (Å²) in [6.45, 7) is 4.22. The van der Waals surface area contributed by atoms with Crippen molar-refractivity contribution in [3.8, 4) is 11.5 Å². The Hall–Kier alpha value is -4.06. The van der Waals surface area contributed by atoms with Gasteiger partial charge in [0, 0.05) is 34.1 Å².